The molecule has 0 aromatic rings. The van der Waals surface area contributed by atoms with Crippen molar-refractivity contribution in [2.75, 3.05) is 13.1 Å². The molecular weight excluding hydrogens is 240 g/mol. The Morgan fingerprint density at radius 2 is 1.84 bits per heavy atom. The van der Waals surface area contributed by atoms with Crippen LogP contribution < -0.4 is 5.32 Å². The molecule has 2 rings (SSSR count). The number of rotatable bonds is 7. The van der Waals surface area contributed by atoms with E-state index in [1.54, 1.807) is 0 Å². The first-order valence-corrected chi connectivity index (χ1v) is 7.73. The standard InChI is InChI=1S/C15H26N2O2/c1-3-16-11(2)7-4-5-10-17-14(18)12-8-6-9-13(12)15(17)19/h11-13,16H,3-10H2,1-2H3. The predicted octanol–water partition coefficient (Wildman–Crippen LogP) is 1.94. The normalized spacial score (nSPS) is 28.0. The molecule has 2 fully saturated rings. The molecular formula is C15H26N2O2. The van der Waals surface area contributed by atoms with Crippen molar-refractivity contribution in [2.24, 2.45) is 11.8 Å². The molecule has 19 heavy (non-hydrogen) atoms. The van der Waals surface area contributed by atoms with Crippen LogP contribution in [0.3, 0.4) is 0 Å². The maximum atomic E-state index is 12.1. The lowest BCUT2D eigenvalue weighted by Crippen LogP contribution is -2.33. The van der Waals surface area contributed by atoms with E-state index in [4.69, 9.17) is 0 Å². The van der Waals surface area contributed by atoms with Gasteiger partial charge in [0.1, 0.15) is 0 Å². The molecule has 0 radical (unpaired) electrons. The lowest BCUT2D eigenvalue weighted by Gasteiger charge is -2.17. The van der Waals surface area contributed by atoms with Crippen LogP contribution >= 0.6 is 0 Å². The fourth-order valence-electron chi connectivity index (χ4n) is 3.45. The minimum Gasteiger partial charge on any atom is -0.315 e. The van der Waals surface area contributed by atoms with Gasteiger partial charge in [-0.15, -0.1) is 0 Å². The van der Waals surface area contributed by atoms with Crippen LogP contribution in [0.2, 0.25) is 0 Å². The van der Waals surface area contributed by atoms with Crippen LogP contribution in [0.15, 0.2) is 0 Å². The van der Waals surface area contributed by atoms with Crippen LogP contribution in [0.25, 0.3) is 0 Å². The number of carbonyl (C=O) groups excluding carboxylic acids is 2. The van der Waals surface area contributed by atoms with Crippen molar-refractivity contribution in [3.05, 3.63) is 0 Å². The van der Waals surface area contributed by atoms with E-state index in [-0.39, 0.29) is 23.7 Å². The first kappa shape index (κ1) is 14.5. The van der Waals surface area contributed by atoms with E-state index in [0.717, 1.165) is 45.1 Å². The molecule has 3 unspecified atom stereocenters. The molecule has 1 aliphatic heterocycles. The summed E-state index contributed by atoms with van der Waals surface area (Å²) in [6, 6.07) is 0.523. The summed E-state index contributed by atoms with van der Waals surface area (Å²) in [5, 5.41) is 3.38. The van der Waals surface area contributed by atoms with Crippen molar-refractivity contribution in [3.8, 4) is 0 Å². The molecule has 1 aliphatic carbocycles. The molecule has 1 N–H and O–H groups in total. The lowest BCUT2D eigenvalue weighted by molar-refractivity contribution is -0.140. The Balaban J connectivity index is 1.72. The monoisotopic (exact) mass is 266 g/mol. The highest BCUT2D eigenvalue weighted by molar-refractivity contribution is 6.05. The minimum absolute atomic E-state index is 0.0215. The molecule has 2 aliphatic rings. The van der Waals surface area contributed by atoms with Crippen LogP contribution in [-0.2, 0) is 9.59 Å². The zero-order valence-corrected chi connectivity index (χ0v) is 12.2. The minimum atomic E-state index is 0.0215. The van der Waals surface area contributed by atoms with E-state index in [0.29, 0.717) is 12.6 Å². The van der Waals surface area contributed by atoms with E-state index < -0.39 is 0 Å². The van der Waals surface area contributed by atoms with E-state index in [2.05, 4.69) is 19.2 Å². The van der Waals surface area contributed by atoms with Crippen LogP contribution in [0.1, 0.15) is 52.4 Å². The van der Waals surface area contributed by atoms with E-state index in [9.17, 15) is 9.59 Å². The molecule has 0 aromatic heterocycles. The second kappa shape index (κ2) is 6.51. The fourth-order valence-corrected chi connectivity index (χ4v) is 3.45. The first-order valence-electron chi connectivity index (χ1n) is 7.73. The molecule has 0 bridgehead atoms. The number of hydrogen-bond donors (Lipinski definition) is 1. The van der Waals surface area contributed by atoms with Gasteiger partial charge < -0.3 is 5.32 Å². The maximum Gasteiger partial charge on any atom is 0.233 e. The quantitative estimate of drug-likeness (QED) is 0.566. The summed E-state index contributed by atoms with van der Waals surface area (Å²) in [7, 11) is 0. The van der Waals surface area contributed by atoms with Gasteiger partial charge in [-0.2, -0.15) is 0 Å². The molecule has 1 heterocycles. The van der Waals surface area contributed by atoms with Gasteiger partial charge in [0, 0.05) is 12.6 Å². The zero-order valence-electron chi connectivity index (χ0n) is 12.2. The zero-order chi connectivity index (χ0) is 13.8. The summed E-state index contributed by atoms with van der Waals surface area (Å²) in [5.41, 5.74) is 0. The van der Waals surface area contributed by atoms with E-state index in [1.807, 2.05) is 0 Å². The van der Waals surface area contributed by atoms with Gasteiger partial charge in [-0.1, -0.05) is 19.8 Å². The number of amides is 2. The highest BCUT2D eigenvalue weighted by Crippen LogP contribution is 2.39. The SMILES string of the molecule is CCNC(C)CCCCN1C(=O)C2CCCC2C1=O. The largest absolute Gasteiger partial charge is 0.315 e. The number of hydrogen-bond acceptors (Lipinski definition) is 3. The molecule has 4 nitrogen and oxygen atoms in total. The molecule has 0 spiro atoms. The number of fused-ring (bicyclic) bond motifs is 1. The third-order valence-electron chi connectivity index (χ3n) is 4.50. The van der Waals surface area contributed by atoms with Gasteiger partial charge in [0.15, 0.2) is 0 Å². The Kier molecular flexibility index (Phi) is 4.97. The Labute approximate surface area is 115 Å². The Morgan fingerprint density at radius 3 is 2.42 bits per heavy atom. The second-order valence-electron chi connectivity index (χ2n) is 5.93. The van der Waals surface area contributed by atoms with Crippen molar-refractivity contribution < 1.29 is 9.59 Å². The number of nitrogens with zero attached hydrogens (tertiary/aromatic N) is 1. The Bertz CT molecular complexity index is 321. The van der Waals surface area contributed by atoms with Crippen molar-refractivity contribution in [1.82, 2.24) is 10.2 Å². The van der Waals surface area contributed by atoms with E-state index in [1.165, 1.54) is 4.90 Å². The number of likely N-dealkylation sites (tertiary alicyclic amines) is 1. The average Bonchev–Trinajstić information content (AvgIpc) is 2.93. The lowest BCUT2D eigenvalue weighted by atomic mass is 10.00. The molecule has 3 atom stereocenters. The summed E-state index contributed by atoms with van der Waals surface area (Å²) in [6.07, 6.45) is 6.00. The van der Waals surface area contributed by atoms with Crippen molar-refractivity contribution in [2.45, 2.75) is 58.4 Å². The van der Waals surface area contributed by atoms with Crippen molar-refractivity contribution >= 4 is 11.8 Å². The number of unbranched alkanes of at least 4 members (excludes halogenated alkanes) is 1. The maximum absolute atomic E-state index is 12.1. The molecule has 1 saturated heterocycles. The highest BCUT2D eigenvalue weighted by atomic mass is 16.2. The molecule has 108 valence electrons. The summed E-state index contributed by atoms with van der Waals surface area (Å²) in [4.78, 5) is 25.8. The first-order chi connectivity index (χ1) is 9.15. The van der Waals surface area contributed by atoms with Gasteiger partial charge in [0.25, 0.3) is 0 Å². The van der Waals surface area contributed by atoms with Crippen molar-refractivity contribution in [3.63, 3.8) is 0 Å². The van der Waals surface area contributed by atoms with Crippen LogP contribution in [-0.4, -0.2) is 35.8 Å². The van der Waals surface area contributed by atoms with Crippen LogP contribution in [0.5, 0.6) is 0 Å². The molecule has 0 aromatic carbocycles. The average molecular weight is 266 g/mol. The van der Waals surface area contributed by atoms with Gasteiger partial charge in [-0.25, -0.2) is 0 Å². The van der Waals surface area contributed by atoms with E-state index >= 15 is 0 Å². The second-order valence-corrected chi connectivity index (χ2v) is 5.93. The third kappa shape index (κ3) is 3.16. The number of imide groups is 1. The molecule has 2 amide bonds. The van der Waals surface area contributed by atoms with Gasteiger partial charge in [0.2, 0.25) is 11.8 Å². The topological polar surface area (TPSA) is 49.4 Å². The van der Waals surface area contributed by atoms with Crippen LogP contribution in [0, 0.1) is 11.8 Å². The van der Waals surface area contributed by atoms with Gasteiger partial charge in [0.05, 0.1) is 11.8 Å². The van der Waals surface area contributed by atoms with Gasteiger partial charge >= 0.3 is 0 Å². The van der Waals surface area contributed by atoms with Crippen molar-refractivity contribution in [1.29, 1.82) is 0 Å². The highest BCUT2D eigenvalue weighted by Gasteiger charge is 2.49. The summed E-state index contributed by atoms with van der Waals surface area (Å²) >= 11 is 0. The summed E-state index contributed by atoms with van der Waals surface area (Å²) in [6.45, 7) is 5.91. The van der Waals surface area contributed by atoms with Crippen LogP contribution in [0.4, 0.5) is 0 Å². The Morgan fingerprint density at radius 1 is 1.21 bits per heavy atom. The third-order valence-corrected chi connectivity index (χ3v) is 4.50. The Hall–Kier alpha value is -0.900. The molecule has 4 heteroatoms. The number of nitrogens with one attached hydrogen (secondary N) is 1. The predicted molar refractivity (Wildman–Crippen MR) is 74.5 cm³/mol. The summed E-state index contributed by atoms with van der Waals surface area (Å²) in [5.74, 6) is 0.251. The smallest absolute Gasteiger partial charge is 0.233 e. The molecule has 1 saturated carbocycles. The van der Waals surface area contributed by atoms with Gasteiger partial charge in [-0.3, -0.25) is 14.5 Å². The van der Waals surface area contributed by atoms with Gasteiger partial charge in [-0.05, 0) is 39.2 Å². The number of carbonyl (C=O) groups is 2. The fraction of sp³-hybridized carbons (Fsp3) is 0.867. The summed E-state index contributed by atoms with van der Waals surface area (Å²) < 4.78 is 0.